The average molecular weight is 261 g/mol. The van der Waals surface area contributed by atoms with Crippen LogP contribution in [0.4, 0.5) is 13.2 Å². The van der Waals surface area contributed by atoms with Crippen LogP contribution in [0.25, 0.3) is 0 Å². The Hall–Kier alpha value is -1.43. The Balaban J connectivity index is 2.54. The molecule has 1 aliphatic rings. The Morgan fingerprint density at radius 2 is 2.06 bits per heavy atom. The SMILES string of the molecule is CC(CCN)c1c(C(F)(F)F)ccc2c1OCO2. The first-order chi connectivity index (χ1) is 8.45. The highest BCUT2D eigenvalue weighted by Gasteiger charge is 2.38. The quantitative estimate of drug-likeness (QED) is 0.909. The summed E-state index contributed by atoms with van der Waals surface area (Å²) in [4.78, 5) is 0. The van der Waals surface area contributed by atoms with Gasteiger partial charge in [-0.25, -0.2) is 0 Å². The molecular weight excluding hydrogens is 247 g/mol. The molecule has 0 radical (unpaired) electrons. The molecule has 1 unspecified atom stereocenters. The number of fused-ring (bicyclic) bond motifs is 1. The van der Waals surface area contributed by atoms with Gasteiger partial charge in [0.1, 0.15) is 0 Å². The molecule has 3 nitrogen and oxygen atoms in total. The Morgan fingerprint density at radius 1 is 1.33 bits per heavy atom. The van der Waals surface area contributed by atoms with Gasteiger partial charge >= 0.3 is 6.18 Å². The molecule has 0 spiro atoms. The van der Waals surface area contributed by atoms with Crippen LogP contribution in [-0.4, -0.2) is 13.3 Å². The summed E-state index contributed by atoms with van der Waals surface area (Å²) in [7, 11) is 0. The second kappa shape index (κ2) is 4.68. The molecule has 1 atom stereocenters. The van der Waals surface area contributed by atoms with Gasteiger partial charge in [0, 0.05) is 5.56 Å². The van der Waals surface area contributed by atoms with E-state index in [0.717, 1.165) is 6.07 Å². The van der Waals surface area contributed by atoms with E-state index in [2.05, 4.69) is 0 Å². The van der Waals surface area contributed by atoms with Crippen LogP contribution in [0.2, 0.25) is 0 Å². The summed E-state index contributed by atoms with van der Waals surface area (Å²) >= 11 is 0. The van der Waals surface area contributed by atoms with Crippen molar-refractivity contribution in [2.75, 3.05) is 13.3 Å². The summed E-state index contributed by atoms with van der Waals surface area (Å²) in [6.07, 6.45) is -3.94. The third kappa shape index (κ3) is 2.25. The highest BCUT2D eigenvalue weighted by molar-refractivity contribution is 5.54. The van der Waals surface area contributed by atoms with Gasteiger partial charge in [-0.2, -0.15) is 13.2 Å². The molecule has 2 rings (SSSR count). The van der Waals surface area contributed by atoms with Crippen LogP contribution in [0.3, 0.4) is 0 Å². The summed E-state index contributed by atoms with van der Waals surface area (Å²) in [5.41, 5.74) is 4.89. The summed E-state index contributed by atoms with van der Waals surface area (Å²) in [5.74, 6) is 0.232. The fourth-order valence-corrected chi connectivity index (χ4v) is 2.12. The molecule has 0 saturated heterocycles. The van der Waals surface area contributed by atoms with Gasteiger partial charge in [-0.3, -0.25) is 0 Å². The maximum absolute atomic E-state index is 13.0. The minimum absolute atomic E-state index is 0.0427. The van der Waals surface area contributed by atoms with Crippen molar-refractivity contribution < 1.29 is 22.6 Å². The molecule has 0 fully saturated rings. The van der Waals surface area contributed by atoms with Gasteiger partial charge in [-0.15, -0.1) is 0 Å². The van der Waals surface area contributed by atoms with Crippen LogP contribution < -0.4 is 15.2 Å². The first-order valence-electron chi connectivity index (χ1n) is 5.65. The van der Waals surface area contributed by atoms with Crippen molar-refractivity contribution in [3.8, 4) is 11.5 Å². The first-order valence-corrected chi connectivity index (χ1v) is 5.65. The number of alkyl halides is 3. The number of benzene rings is 1. The van der Waals surface area contributed by atoms with Crippen LogP contribution in [0, 0.1) is 0 Å². The number of halogens is 3. The number of nitrogens with two attached hydrogens (primary N) is 1. The van der Waals surface area contributed by atoms with E-state index in [-0.39, 0.29) is 24.0 Å². The Labute approximate surface area is 103 Å². The van der Waals surface area contributed by atoms with E-state index in [9.17, 15) is 13.2 Å². The van der Waals surface area contributed by atoms with Crippen molar-refractivity contribution >= 4 is 0 Å². The van der Waals surface area contributed by atoms with Crippen molar-refractivity contribution in [1.29, 1.82) is 0 Å². The fraction of sp³-hybridized carbons (Fsp3) is 0.500. The number of hydrogen-bond acceptors (Lipinski definition) is 3. The van der Waals surface area contributed by atoms with Crippen molar-refractivity contribution in [2.24, 2.45) is 5.73 Å². The third-order valence-electron chi connectivity index (χ3n) is 2.98. The van der Waals surface area contributed by atoms with E-state index < -0.39 is 11.7 Å². The van der Waals surface area contributed by atoms with Crippen LogP contribution in [0.5, 0.6) is 11.5 Å². The molecule has 0 aromatic heterocycles. The summed E-state index contributed by atoms with van der Waals surface area (Å²) in [6, 6.07) is 2.33. The molecule has 0 saturated carbocycles. The van der Waals surface area contributed by atoms with Gasteiger partial charge < -0.3 is 15.2 Å². The zero-order chi connectivity index (χ0) is 13.3. The molecule has 1 heterocycles. The van der Waals surface area contributed by atoms with Crippen LogP contribution in [0.1, 0.15) is 30.4 Å². The molecular formula is C12H14F3NO2. The Morgan fingerprint density at radius 3 is 2.67 bits per heavy atom. The van der Waals surface area contributed by atoms with Gasteiger partial charge in [0.25, 0.3) is 0 Å². The molecule has 1 aromatic carbocycles. The van der Waals surface area contributed by atoms with Gasteiger partial charge in [-0.1, -0.05) is 6.92 Å². The average Bonchev–Trinajstić information content (AvgIpc) is 2.74. The second-order valence-electron chi connectivity index (χ2n) is 4.24. The number of hydrogen-bond donors (Lipinski definition) is 1. The molecule has 18 heavy (non-hydrogen) atoms. The summed E-state index contributed by atoms with van der Waals surface area (Å²) in [6.45, 7) is 1.99. The lowest BCUT2D eigenvalue weighted by Gasteiger charge is -2.19. The zero-order valence-corrected chi connectivity index (χ0v) is 9.88. The minimum Gasteiger partial charge on any atom is -0.454 e. The van der Waals surface area contributed by atoms with Crippen molar-refractivity contribution in [2.45, 2.75) is 25.4 Å². The molecule has 0 amide bonds. The highest BCUT2D eigenvalue weighted by atomic mass is 19.4. The zero-order valence-electron chi connectivity index (χ0n) is 9.88. The van der Waals surface area contributed by atoms with E-state index in [4.69, 9.17) is 15.2 Å². The van der Waals surface area contributed by atoms with Crippen molar-refractivity contribution in [3.63, 3.8) is 0 Å². The normalized spacial score (nSPS) is 15.8. The lowest BCUT2D eigenvalue weighted by atomic mass is 9.91. The van der Waals surface area contributed by atoms with Gasteiger partial charge in [0.05, 0.1) is 5.56 Å². The Bertz CT molecular complexity index is 446. The fourth-order valence-electron chi connectivity index (χ4n) is 2.12. The maximum atomic E-state index is 13.0. The van der Waals surface area contributed by atoms with E-state index in [1.54, 1.807) is 6.92 Å². The van der Waals surface area contributed by atoms with Gasteiger partial charge in [0.2, 0.25) is 6.79 Å². The summed E-state index contributed by atoms with van der Waals surface area (Å²) < 4.78 is 49.3. The minimum atomic E-state index is -4.40. The lowest BCUT2D eigenvalue weighted by Crippen LogP contribution is -2.14. The van der Waals surface area contributed by atoms with Crippen molar-refractivity contribution in [3.05, 3.63) is 23.3 Å². The third-order valence-corrected chi connectivity index (χ3v) is 2.98. The smallest absolute Gasteiger partial charge is 0.416 e. The predicted octanol–water partition coefficient (Wildman–Crippen LogP) is 2.89. The van der Waals surface area contributed by atoms with E-state index >= 15 is 0 Å². The largest absolute Gasteiger partial charge is 0.454 e. The second-order valence-corrected chi connectivity index (χ2v) is 4.24. The lowest BCUT2D eigenvalue weighted by molar-refractivity contribution is -0.138. The van der Waals surface area contributed by atoms with Crippen LogP contribution >= 0.6 is 0 Å². The highest BCUT2D eigenvalue weighted by Crippen LogP contribution is 2.46. The molecule has 1 aliphatic heterocycles. The Kier molecular flexibility index (Phi) is 3.38. The molecule has 0 bridgehead atoms. The molecule has 1 aromatic rings. The topological polar surface area (TPSA) is 44.5 Å². The molecule has 100 valence electrons. The number of rotatable bonds is 3. The monoisotopic (exact) mass is 261 g/mol. The standard InChI is InChI=1S/C12H14F3NO2/c1-7(4-5-16)10-8(12(13,14)15)2-3-9-11(10)18-6-17-9/h2-3,7H,4-6,16H2,1H3. The van der Waals surface area contributed by atoms with Gasteiger partial charge in [-0.05, 0) is 31.0 Å². The van der Waals surface area contributed by atoms with Crippen LogP contribution in [-0.2, 0) is 6.18 Å². The number of ether oxygens (including phenoxy) is 2. The molecule has 0 aliphatic carbocycles. The van der Waals surface area contributed by atoms with E-state index in [1.807, 2.05) is 0 Å². The van der Waals surface area contributed by atoms with Crippen LogP contribution in [0.15, 0.2) is 12.1 Å². The van der Waals surface area contributed by atoms with E-state index in [1.165, 1.54) is 6.07 Å². The van der Waals surface area contributed by atoms with Crippen molar-refractivity contribution in [1.82, 2.24) is 0 Å². The maximum Gasteiger partial charge on any atom is 0.416 e. The molecule has 2 N–H and O–H groups in total. The van der Waals surface area contributed by atoms with E-state index in [0.29, 0.717) is 18.7 Å². The summed E-state index contributed by atoms with van der Waals surface area (Å²) in [5, 5.41) is 0. The first kappa shape index (κ1) is 13.0. The molecule has 6 heteroatoms. The van der Waals surface area contributed by atoms with Gasteiger partial charge in [0.15, 0.2) is 11.5 Å². The predicted molar refractivity (Wildman–Crippen MR) is 59.7 cm³/mol.